The van der Waals surface area contributed by atoms with Gasteiger partial charge in [0.2, 0.25) is 5.91 Å². The summed E-state index contributed by atoms with van der Waals surface area (Å²) in [4.78, 5) is 22.4. The predicted molar refractivity (Wildman–Crippen MR) is 42.8 cm³/mol. The fourth-order valence-corrected chi connectivity index (χ4v) is 1.48. The number of carbonyl (C=O) groups is 2. The molecule has 1 heterocycles. The summed E-state index contributed by atoms with van der Waals surface area (Å²) in [5.74, 6) is -1.51. The van der Waals surface area contributed by atoms with Crippen LogP contribution in [0.4, 0.5) is 13.2 Å². The molecule has 1 rings (SSSR count). The maximum atomic E-state index is 12.4. The first kappa shape index (κ1) is 11.8. The lowest BCUT2D eigenvalue weighted by Crippen LogP contribution is -2.45. The highest BCUT2D eigenvalue weighted by molar-refractivity contribution is 5.84. The monoisotopic (exact) mass is 225 g/mol. The van der Waals surface area contributed by atoms with Crippen molar-refractivity contribution in [1.82, 2.24) is 4.90 Å². The van der Waals surface area contributed by atoms with Crippen LogP contribution in [0.25, 0.3) is 0 Å². The Morgan fingerprint density at radius 2 is 2.20 bits per heavy atom. The molecule has 0 bridgehead atoms. The van der Waals surface area contributed by atoms with E-state index in [1.807, 2.05) is 0 Å². The molecular weight excluding hydrogens is 215 g/mol. The van der Waals surface area contributed by atoms with Gasteiger partial charge in [0, 0.05) is 6.42 Å². The van der Waals surface area contributed by atoms with E-state index in [9.17, 15) is 22.8 Å². The maximum Gasteiger partial charge on any atom is 0.408 e. The van der Waals surface area contributed by atoms with Gasteiger partial charge in [-0.1, -0.05) is 0 Å². The summed E-state index contributed by atoms with van der Waals surface area (Å²) in [7, 11) is 1.06. The summed E-state index contributed by atoms with van der Waals surface area (Å²) in [5.41, 5.74) is 0. The molecule has 1 saturated heterocycles. The topological polar surface area (TPSA) is 46.6 Å². The maximum absolute atomic E-state index is 12.4. The molecule has 0 aromatic rings. The van der Waals surface area contributed by atoms with Crippen LogP contribution in [0.3, 0.4) is 0 Å². The smallest absolute Gasteiger partial charge is 0.408 e. The average Bonchev–Trinajstić information content (AvgIpc) is 2.47. The molecule has 15 heavy (non-hydrogen) atoms. The van der Waals surface area contributed by atoms with Crippen molar-refractivity contribution in [1.29, 1.82) is 0 Å². The summed E-state index contributed by atoms with van der Waals surface area (Å²) < 4.78 is 41.4. The van der Waals surface area contributed by atoms with Gasteiger partial charge < -0.3 is 9.64 Å². The van der Waals surface area contributed by atoms with E-state index in [0.717, 1.165) is 7.11 Å². The van der Waals surface area contributed by atoms with Gasteiger partial charge in [0.1, 0.15) is 12.6 Å². The number of hydrogen-bond donors (Lipinski definition) is 0. The molecule has 7 heteroatoms. The van der Waals surface area contributed by atoms with Crippen LogP contribution in [0.5, 0.6) is 0 Å². The summed E-state index contributed by atoms with van der Waals surface area (Å²) in [6.07, 6.45) is -4.96. The van der Waals surface area contributed by atoms with Gasteiger partial charge >= 0.3 is 12.1 Å². The van der Waals surface area contributed by atoms with Crippen LogP contribution in [-0.4, -0.2) is 42.6 Å². The first-order chi connectivity index (χ1) is 6.86. The van der Waals surface area contributed by atoms with Crippen LogP contribution in [-0.2, 0) is 14.3 Å². The molecule has 1 aliphatic heterocycles. The van der Waals surface area contributed by atoms with Crippen LogP contribution >= 0.6 is 0 Å². The minimum absolute atomic E-state index is 0.179. The first-order valence-corrected chi connectivity index (χ1v) is 4.29. The minimum Gasteiger partial charge on any atom is -0.468 e. The quantitative estimate of drug-likeness (QED) is 0.650. The fourth-order valence-electron chi connectivity index (χ4n) is 1.48. The van der Waals surface area contributed by atoms with Crippen LogP contribution in [0, 0.1) is 0 Å². The van der Waals surface area contributed by atoms with Gasteiger partial charge in [0.05, 0.1) is 7.11 Å². The van der Waals surface area contributed by atoms with E-state index in [-0.39, 0.29) is 12.8 Å². The average molecular weight is 225 g/mol. The van der Waals surface area contributed by atoms with Gasteiger partial charge in [-0.15, -0.1) is 0 Å². The highest BCUT2D eigenvalue weighted by atomic mass is 19.4. The number of methoxy groups -OCH3 is 1. The Hall–Kier alpha value is -1.27. The van der Waals surface area contributed by atoms with Crippen molar-refractivity contribution < 1.29 is 27.5 Å². The van der Waals surface area contributed by atoms with E-state index < -0.39 is 30.6 Å². The second-order valence-corrected chi connectivity index (χ2v) is 3.19. The molecular formula is C8H10F3NO3. The predicted octanol–water partition coefficient (Wildman–Crippen LogP) is 0.713. The van der Waals surface area contributed by atoms with Crippen molar-refractivity contribution in [3.8, 4) is 0 Å². The van der Waals surface area contributed by atoms with Crippen LogP contribution in [0.15, 0.2) is 0 Å². The van der Waals surface area contributed by atoms with Crippen LogP contribution in [0.2, 0.25) is 0 Å². The molecule has 1 amide bonds. The highest BCUT2D eigenvalue weighted by Crippen LogP contribution is 2.32. The lowest BCUT2D eigenvalue weighted by atomic mass is 10.2. The Kier molecular flexibility index (Phi) is 3.21. The Morgan fingerprint density at radius 1 is 1.60 bits per heavy atom. The third-order valence-electron chi connectivity index (χ3n) is 2.23. The van der Waals surface area contributed by atoms with Crippen LogP contribution in [0.1, 0.15) is 12.8 Å². The Labute approximate surface area is 84.0 Å². The van der Waals surface area contributed by atoms with Gasteiger partial charge in [-0.25, -0.2) is 0 Å². The van der Waals surface area contributed by atoms with Gasteiger partial charge in [0.25, 0.3) is 0 Å². The molecule has 0 aromatic heterocycles. The van der Waals surface area contributed by atoms with E-state index in [4.69, 9.17) is 0 Å². The number of likely N-dealkylation sites (tertiary alicyclic amines) is 1. The first-order valence-electron chi connectivity index (χ1n) is 4.29. The highest BCUT2D eigenvalue weighted by Gasteiger charge is 2.49. The minimum atomic E-state index is -4.49. The Bertz CT molecular complexity index is 277. The molecule has 0 N–H and O–H groups in total. The van der Waals surface area contributed by atoms with Crippen molar-refractivity contribution in [3.05, 3.63) is 0 Å². The molecule has 0 radical (unpaired) electrons. The lowest BCUT2D eigenvalue weighted by Gasteiger charge is -2.25. The number of esters is 1. The molecule has 0 aromatic carbocycles. The lowest BCUT2D eigenvalue weighted by molar-refractivity contribution is -0.183. The molecule has 0 aliphatic carbocycles. The largest absolute Gasteiger partial charge is 0.468 e. The third kappa shape index (κ3) is 2.60. The van der Waals surface area contributed by atoms with Gasteiger partial charge in [0.15, 0.2) is 0 Å². The van der Waals surface area contributed by atoms with Crippen molar-refractivity contribution in [2.75, 3.05) is 13.7 Å². The zero-order valence-electron chi connectivity index (χ0n) is 8.00. The van der Waals surface area contributed by atoms with E-state index in [2.05, 4.69) is 4.74 Å². The van der Waals surface area contributed by atoms with Crippen molar-refractivity contribution in [2.24, 2.45) is 0 Å². The second-order valence-electron chi connectivity index (χ2n) is 3.19. The second kappa shape index (κ2) is 4.08. The number of nitrogens with zero attached hydrogens (tertiary/aromatic N) is 1. The Morgan fingerprint density at radius 3 is 2.67 bits per heavy atom. The number of alkyl halides is 3. The third-order valence-corrected chi connectivity index (χ3v) is 2.23. The zero-order chi connectivity index (χ0) is 11.6. The summed E-state index contributed by atoms with van der Waals surface area (Å²) in [6.45, 7) is -0.639. The molecule has 0 spiro atoms. The normalized spacial score (nSPS) is 22.0. The number of rotatable bonds is 2. The van der Waals surface area contributed by atoms with E-state index in [0.29, 0.717) is 4.90 Å². The fraction of sp³-hybridized carbons (Fsp3) is 0.750. The van der Waals surface area contributed by atoms with Gasteiger partial charge in [-0.2, -0.15) is 13.2 Å². The van der Waals surface area contributed by atoms with Gasteiger partial charge in [-0.3, -0.25) is 9.59 Å². The van der Waals surface area contributed by atoms with Crippen molar-refractivity contribution in [3.63, 3.8) is 0 Å². The number of hydrogen-bond acceptors (Lipinski definition) is 3. The standard InChI is InChI=1S/C8H10F3NO3/c1-15-7(14)4-12-5(8(9,10)11)2-3-6(12)13/h5H,2-4H2,1H3. The number of ether oxygens (including phenoxy) is 1. The van der Waals surface area contributed by atoms with E-state index >= 15 is 0 Å². The SMILES string of the molecule is COC(=O)CN1C(=O)CCC1C(F)(F)F. The molecule has 4 nitrogen and oxygen atoms in total. The van der Waals surface area contributed by atoms with Crippen molar-refractivity contribution in [2.45, 2.75) is 25.1 Å². The molecule has 1 atom stereocenters. The van der Waals surface area contributed by atoms with Crippen LogP contribution < -0.4 is 0 Å². The summed E-state index contributed by atoms with van der Waals surface area (Å²) >= 11 is 0. The number of carbonyl (C=O) groups excluding carboxylic acids is 2. The molecule has 1 aliphatic rings. The van der Waals surface area contributed by atoms with E-state index in [1.165, 1.54) is 0 Å². The molecule has 1 fully saturated rings. The number of amides is 1. The van der Waals surface area contributed by atoms with Gasteiger partial charge in [-0.05, 0) is 6.42 Å². The molecule has 0 saturated carbocycles. The van der Waals surface area contributed by atoms with Crippen molar-refractivity contribution >= 4 is 11.9 Å². The summed E-state index contributed by atoms with van der Waals surface area (Å²) in [6, 6.07) is -1.86. The number of halogens is 3. The van der Waals surface area contributed by atoms with E-state index in [1.54, 1.807) is 0 Å². The molecule has 86 valence electrons. The summed E-state index contributed by atoms with van der Waals surface area (Å²) in [5, 5.41) is 0. The Balaban J connectivity index is 2.73. The zero-order valence-corrected chi connectivity index (χ0v) is 8.00. The molecule has 1 unspecified atom stereocenters.